The van der Waals surface area contributed by atoms with Crippen LogP contribution in [0.3, 0.4) is 0 Å². The SMILES string of the molecule is NNC(Cc1cc(Br)cs1)Cc1ccc(F)cc1Cl. The van der Waals surface area contributed by atoms with Gasteiger partial charge in [-0.25, -0.2) is 4.39 Å². The van der Waals surface area contributed by atoms with Crippen LogP contribution in [0, 0.1) is 5.82 Å². The molecule has 0 aliphatic heterocycles. The van der Waals surface area contributed by atoms with Gasteiger partial charge in [-0.15, -0.1) is 11.3 Å². The minimum absolute atomic E-state index is 0.0634. The second kappa shape index (κ2) is 6.81. The first-order valence-electron chi connectivity index (χ1n) is 5.71. The van der Waals surface area contributed by atoms with E-state index in [1.165, 1.54) is 17.0 Å². The van der Waals surface area contributed by atoms with E-state index in [2.05, 4.69) is 27.4 Å². The smallest absolute Gasteiger partial charge is 0.124 e. The summed E-state index contributed by atoms with van der Waals surface area (Å²) in [6, 6.07) is 6.57. The van der Waals surface area contributed by atoms with Gasteiger partial charge in [-0.1, -0.05) is 17.7 Å². The number of hydrazine groups is 1. The molecule has 0 aliphatic carbocycles. The molecule has 102 valence electrons. The molecule has 0 saturated carbocycles. The lowest BCUT2D eigenvalue weighted by Gasteiger charge is -2.16. The van der Waals surface area contributed by atoms with Gasteiger partial charge in [0.1, 0.15) is 5.82 Å². The molecule has 1 aromatic heterocycles. The molecule has 1 aromatic carbocycles. The van der Waals surface area contributed by atoms with E-state index in [1.54, 1.807) is 17.4 Å². The van der Waals surface area contributed by atoms with Crippen molar-refractivity contribution < 1.29 is 4.39 Å². The predicted octanol–water partition coefficient (Wildman–Crippen LogP) is 3.92. The fourth-order valence-corrected chi connectivity index (χ4v) is 3.62. The molecule has 1 atom stereocenters. The van der Waals surface area contributed by atoms with Gasteiger partial charge in [0.15, 0.2) is 0 Å². The molecule has 0 aliphatic rings. The summed E-state index contributed by atoms with van der Waals surface area (Å²) in [5.41, 5.74) is 3.68. The Morgan fingerprint density at radius 3 is 2.74 bits per heavy atom. The van der Waals surface area contributed by atoms with Gasteiger partial charge in [0, 0.05) is 25.8 Å². The van der Waals surface area contributed by atoms with E-state index < -0.39 is 0 Å². The van der Waals surface area contributed by atoms with Gasteiger partial charge < -0.3 is 0 Å². The van der Waals surface area contributed by atoms with Crippen LogP contribution in [0.25, 0.3) is 0 Å². The Balaban J connectivity index is 2.06. The second-order valence-electron chi connectivity index (χ2n) is 4.24. The summed E-state index contributed by atoms with van der Waals surface area (Å²) in [5, 5.41) is 2.47. The maximum Gasteiger partial charge on any atom is 0.124 e. The lowest BCUT2D eigenvalue weighted by molar-refractivity contribution is 0.525. The summed E-state index contributed by atoms with van der Waals surface area (Å²) < 4.78 is 14.1. The van der Waals surface area contributed by atoms with Crippen molar-refractivity contribution >= 4 is 38.9 Å². The lowest BCUT2D eigenvalue weighted by atomic mass is 10.0. The van der Waals surface area contributed by atoms with Crippen LogP contribution in [0.1, 0.15) is 10.4 Å². The zero-order valence-corrected chi connectivity index (χ0v) is 13.2. The first-order valence-corrected chi connectivity index (χ1v) is 7.76. The Kier molecular flexibility index (Phi) is 5.36. The summed E-state index contributed by atoms with van der Waals surface area (Å²) in [6.07, 6.45) is 1.46. The monoisotopic (exact) mass is 362 g/mol. The van der Waals surface area contributed by atoms with Crippen LogP contribution in [-0.2, 0) is 12.8 Å². The summed E-state index contributed by atoms with van der Waals surface area (Å²) in [7, 11) is 0. The van der Waals surface area contributed by atoms with Crippen LogP contribution < -0.4 is 11.3 Å². The van der Waals surface area contributed by atoms with Crippen molar-refractivity contribution in [1.82, 2.24) is 5.43 Å². The molecule has 2 aromatic rings. The van der Waals surface area contributed by atoms with Crippen molar-refractivity contribution in [3.8, 4) is 0 Å². The van der Waals surface area contributed by atoms with Gasteiger partial charge >= 0.3 is 0 Å². The average Bonchev–Trinajstić information content (AvgIpc) is 2.77. The molecule has 0 spiro atoms. The van der Waals surface area contributed by atoms with E-state index in [1.807, 2.05) is 5.38 Å². The van der Waals surface area contributed by atoms with E-state index in [-0.39, 0.29) is 11.9 Å². The Hall–Kier alpha value is -0.460. The number of nitrogens with two attached hydrogens (primary N) is 1. The first-order chi connectivity index (χ1) is 9.08. The van der Waals surface area contributed by atoms with E-state index in [4.69, 9.17) is 17.4 Å². The molecule has 1 unspecified atom stereocenters. The summed E-state index contributed by atoms with van der Waals surface area (Å²) in [6.45, 7) is 0. The molecule has 6 heteroatoms. The van der Waals surface area contributed by atoms with Gasteiger partial charge in [-0.05, 0) is 52.5 Å². The molecule has 0 amide bonds. The number of benzene rings is 1. The molecule has 2 rings (SSSR count). The Morgan fingerprint density at radius 2 is 2.16 bits per heavy atom. The Labute approximate surface area is 128 Å². The highest BCUT2D eigenvalue weighted by molar-refractivity contribution is 9.10. The number of nitrogens with one attached hydrogen (secondary N) is 1. The number of hydrogen-bond acceptors (Lipinski definition) is 3. The summed E-state index contributed by atoms with van der Waals surface area (Å²) in [4.78, 5) is 1.23. The minimum Gasteiger partial charge on any atom is -0.271 e. The molecule has 0 fully saturated rings. The highest BCUT2D eigenvalue weighted by Gasteiger charge is 2.12. The number of thiophene rings is 1. The van der Waals surface area contributed by atoms with Crippen molar-refractivity contribution in [3.63, 3.8) is 0 Å². The maximum absolute atomic E-state index is 13.0. The Bertz CT molecular complexity index is 561. The van der Waals surface area contributed by atoms with Gasteiger partial charge in [-0.2, -0.15) is 0 Å². The van der Waals surface area contributed by atoms with Crippen molar-refractivity contribution in [2.24, 2.45) is 5.84 Å². The quantitative estimate of drug-likeness (QED) is 0.624. The predicted molar refractivity (Wildman–Crippen MR) is 81.9 cm³/mol. The topological polar surface area (TPSA) is 38.0 Å². The Morgan fingerprint density at radius 1 is 1.37 bits per heavy atom. The fraction of sp³-hybridized carbons (Fsp3) is 0.231. The molecular weight excluding hydrogens is 351 g/mol. The van der Waals surface area contributed by atoms with Crippen LogP contribution in [0.4, 0.5) is 4.39 Å². The second-order valence-corrected chi connectivity index (χ2v) is 6.56. The molecule has 0 saturated heterocycles. The first kappa shape index (κ1) is 14.9. The van der Waals surface area contributed by atoms with Crippen LogP contribution >= 0.6 is 38.9 Å². The minimum atomic E-state index is -0.326. The highest BCUT2D eigenvalue weighted by Crippen LogP contribution is 2.23. The number of hydrogen-bond donors (Lipinski definition) is 2. The van der Waals surface area contributed by atoms with Gasteiger partial charge in [0.2, 0.25) is 0 Å². The van der Waals surface area contributed by atoms with E-state index in [0.717, 1.165) is 16.5 Å². The molecule has 0 bridgehead atoms. The van der Waals surface area contributed by atoms with Gasteiger partial charge in [0.25, 0.3) is 0 Å². The maximum atomic E-state index is 13.0. The molecule has 1 heterocycles. The zero-order valence-electron chi connectivity index (χ0n) is 10.00. The summed E-state index contributed by atoms with van der Waals surface area (Å²) >= 11 is 11.1. The standard InChI is InChI=1S/C13H13BrClFN2S/c14-9-4-12(19-7-9)6-11(18-17)3-8-1-2-10(16)5-13(8)15/h1-2,4-5,7,11,18H,3,6,17H2. The van der Waals surface area contributed by atoms with Crippen LogP contribution in [0.5, 0.6) is 0 Å². The average molecular weight is 364 g/mol. The third-order valence-corrected chi connectivity index (χ3v) is 4.86. The van der Waals surface area contributed by atoms with E-state index in [0.29, 0.717) is 11.4 Å². The molecular formula is C13H13BrClFN2S. The van der Waals surface area contributed by atoms with Gasteiger partial charge in [0.05, 0.1) is 0 Å². The largest absolute Gasteiger partial charge is 0.271 e. The van der Waals surface area contributed by atoms with Crippen molar-refractivity contribution in [2.45, 2.75) is 18.9 Å². The van der Waals surface area contributed by atoms with Crippen molar-refractivity contribution in [1.29, 1.82) is 0 Å². The fourth-order valence-electron chi connectivity index (χ4n) is 1.85. The molecule has 3 N–H and O–H groups in total. The molecule has 2 nitrogen and oxygen atoms in total. The summed E-state index contributed by atoms with van der Waals surface area (Å²) in [5.74, 6) is 5.26. The molecule has 0 radical (unpaired) electrons. The van der Waals surface area contributed by atoms with E-state index in [9.17, 15) is 4.39 Å². The zero-order chi connectivity index (χ0) is 13.8. The van der Waals surface area contributed by atoms with Crippen LogP contribution in [0.15, 0.2) is 34.1 Å². The normalized spacial score (nSPS) is 12.6. The van der Waals surface area contributed by atoms with Crippen LogP contribution in [0.2, 0.25) is 5.02 Å². The van der Waals surface area contributed by atoms with Crippen molar-refractivity contribution in [2.75, 3.05) is 0 Å². The lowest BCUT2D eigenvalue weighted by Crippen LogP contribution is -2.38. The number of rotatable bonds is 5. The van der Waals surface area contributed by atoms with E-state index >= 15 is 0 Å². The van der Waals surface area contributed by atoms with Crippen molar-refractivity contribution in [3.05, 3.63) is 55.4 Å². The molecule has 19 heavy (non-hydrogen) atoms. The number of halogens is 3. The third kappa shape index (κ3) is 4.26. The van der Waals surface area contributed by atoms with Gasteiger partial charge in [-0.3, -0.25) is 11.3 Å². The third-order valence-electron chi connectivity index (χ3n) is 2.79. The van der Waals surface area contributed by atoms with Crippen LogP contribution in [-0.4, -0.2) is 6.04 Å². The highest BCUT2D eigenvalue weighted by atomic mass is 79.9.